The van der Waals surface area contributed by atoms with E-state index in [0.717, 1.165) is 29.7 Å². The van der Waals surface area contributed by atoms with Gasteiger partial charge in [-0.2, -0.15) is 5.10 Å². The van der Waals surface area contributed by atoms with Crippen molar-refractivity contribution in [2.75, 3.05) is 5.32 Å². The molecule has 5 heteroatoms. The van der Waals surface area contributed by atoms with Crippen molar-refractivity contribution in [1.82, 2.24) is 19.7 Å². The summed E-state index contributed by atoms with van der Waals surface area (Å²) in [6, 6.07) is 8.94. The van der Waals surface area contributed by atoms with Crippen molar-refractivity contribution in [3.05, 3.63) is 47.9 Å². The lowest BCUT2D eigenvalue weighted by molar-refractivity contribution is 0.265. The Balaban J connectivity index is 1.80. The van der Waals surface area contributed by atoms with Crippen LogP contribution < -0.4 is 5.32 Å². The van der Waals surface area contributed by atoms with Crippen LogP contribution in [0.3, 0.4) is 0 Å². The van der Waals surface area contributed by atoms with Gasteiger partial charge < -0.3 is 5.32 Å². The largest absolute Gasteiger partial charge is 0.362 e. The number of rotatable bonds is 2. The smallest absolute Gasteiger partial charge is 0.163 e. The van der Waals surface area contributed by atoms with Crippen LogP contribution in [0.4, 0.5) is 5.82 Å². The first kappa shape index (κ1) is 14.2. The van der Waals surface area contributed by atoms with Gasteiger partial charge in [0.2, 0.25) is 0 Å². The predicted octanol–water partition coefficient (Wildman–Crippen LogP) is 3.49. The van der Waals surface area contributed by atoms with Gasteiger partial charge in [-0.1, -0.05) is 38.1 Å². The highest BCUT2D eigenvalue weighted by molar-refractivity contribution is 5.86. The minimum Gasteiger partial charge on any atom is -0.362 e. The van der Waals surface area contributed by atoms with E-state index in [9.17, 15) is 0 Å². The number of hydrogen-bond acceptors (Lipinski definition) is 4. The maximum absolute atomic E-state index is 4.48. The van der Waals surface area contributed by atoms with Crippen molar-refractivity contribution >= 4 is 16.9 Å². The summed E-state index contributed by atoms with van der Waals surface area (Å²) < 4.78 is 1.78. The lowest BCUT2D eigenvalue weighted by Gasteiger charge is -2.40. The van der Waals surface area contributed by atoms with Gasteiger partial charge in [-0.25, -0.2) is 9.97 Å². The molecule has 3 aromatic rings. The second kappa shape index (κ2) is 5.05. The van der Waals surface area contributed by atoms with Crippen LogP contribution in [0.2, 0.25) is 0 Å². The summed E-state index contributed by atoms with van der Waals surface area (Å²) in [6.45, 7) is 4.64. The standard InChI is InChI=1S/C18H21N5/c1-18(2)9-8-12-6-4-5-7-13(12)15(18)22-16-14-10-21-23(3)17(14)20-11-19-16/h4-7,10-11,15H,8-9H2,1-3H3,(H,19,20,22). The molecule has 1 atom stereocenters. The minimum absolute atomic E-state index is 0.161. The SMILES string of the molecule is Cn1ncc2c(NC3c4ccccc4CCC3(C)C)ncnc21. The molecule has 0 aliphatic heterocycles. The Hall–Kier alpha value is -2.43. The first-order valence-electron chi connectivity index (χ1n) is 8.03. The van der Waals surface area contributed by atoms with Gasteiger partial charge in [0.1, 0.15) is 12.1 Å². The summed E-state index contributed by atoms with van der Waals surface area (Å²) in [5.74, 6) is 0.859. The van der Waals surface area contributed by atoms with Gasteiger partial charge in [-0.05, 0) is 29.4 Å². The molecule has 0 bridgehead atoms. The monoisotopic (exact) mass is 307 g/mol. The number of fused-ring (bicyclic) bond motifs is 2. The normalized spacial score (nSPS) is 19.5. The molecule has 0 saturated carbocycles. The third-order valence-corrected chi connectivity index (χ3v) is 5.00. The second-order valence-corrected chi connectivity index (χ2v) is 6.99. The number of nitrogens with zero attached hydrogens (tertiary/aromatic N) is 4. The number of benzene rings is 1. The fourth-order valence-corrected chi connectivity index (χ4v) is 3.55. The van der Waals surface area contributed by atoms with Gasteiger partial charge in [-0.15, -0.1) is 0 Å². The van der Waals surface area contributed by atoms with E-state index in [-0.39, 0.29) is 11.5 Å². The number of anilines is 1. The molecule has 23 heavy (non-hydrogen) atoms. The lowest BCUT2D eigenvalue weighted by Crippen LogP contribution is -2.33. The Bertz CT molecular complexity index is 865. The van der Waals surface area contributed by atoms with Crippen molar-refractivity contribution in [1.29, 1.82) is 0 Å². The lowest BCUT2D eigenvalue weighted by atomic mass is 9.70. The summed E-state index contributed by atoms with van der Waals surface area (Å²) in [5, 5.41) is 8.95. The van der Waals surface area contributed by atoms with E-state index in [1.54, 1.807) is 11.0 Å². The number of aromatic nitrogens is 4. The van der Waals surface area contributed by atoms with Gasteiger partial charge in [-0.3, -0.25) is 4.68 Å². The molecule has 2 heterocycles. The Labute approximate surface area is 135 Å². The summed E-state index contributed by atoms with van der Waals surface area (Å²) in [4.78, 5) is 8.80. The van der Waals surface area contributed by atoms with Crippen LogP contribution in [0.15, 0.2) is 36.8 Å². The van der Waals surface area contributed by atoms with Crippen LogP contribution in [0, 0.1) is 5.41 Å². The van der Waals surface area contributed by atoms with E-state index in [1.165, 1.54) is 11.1 Å². The van der Waals surface area contributed by atoms with Crippen molar-refractivity contribution in [2.24, 2.45) is 12.5 Å². The first-order valence-corrected chi connectivity index (χ1v) is 8.03. The molecule has 1 aromatic carbocycles. The number of nitrogens with one attached hydrogen (secondary N) is 1. The van der Waals surface area contributed by atoms with Crippen LogP contribution in [-0.2, 0) is 13.5 Å². The Morgan fingerprint density at radius 2 is 2.04 bits per heavy atom. The van der Waals surface area contributed by atoms with Crippen molar-refractivity contribution in [2.45, 2.75) is 32.7 Å². The molecule has 4 rings (SSSR count). The quantitative estimate of drug-likeness (QED) is 0.787. The molecular weight excluding hydrogens is 286 g/mol. The summed E-state index contributed by atoms with van der Waals surface area (Å²) in [5.41, 5.74) is 3.82. The third-order valence-electron chi connectivity index (χ3n) is 5.00. The highest BCUT2D eigenvalue weighted by atomic mass is 15.3. The molecule has 1 aliphatic carbocycles. The van der Waals surface area contributed by atoms with E-state index in [2.05, 4.69) is 58.5 Å². The zero-order chi connectivity index (χ0) is 16.0. The Morgan fingerprint density at radius 3 is 2.91 bits per heavy atom. The van der Waals surface area contributed by atoms with Crippen molar-refractivity contribution in [3.8, 4) is 0 Å². The zero-order valence-corrected chi connectivity index (χ0v) is 13.7. The molecule has 0 fully saturated rings. The average Bonchev–Trinajstić information content (AvgIpc) is 2.93. The fraction of sp³-hybridized carbons (Fsp3) is 0.389. The van der Waals surface area contributed by atoms with Crippen LogP contribution in [-0.4, -0.2) is 19.7 Å². The van der Waals surface area contributed by atoms with E-state index in [4.69, 9.17) is 0 Å². The molecule has 0 saturated heterocycles. The van der Waals surface area contributed by atoms with Crippen LogP contribution in [0.1, 0.15) is 37.4 Å². The van der Waals surface area contributed by atoms with Gasteiger partial charge in [0, 0.05) is 7.05 Å². The minimum atomic E-state index is 0.161. The van der Waals surface area contributed by atoms with E-state index >= 15 is 0 Å². The Morgan fingerprint density at radius 1 is 1.22 bits per heavy atom. The topological polar surface area (TPSA) is 55.6 Å². The van der Waals surface area contributed by atoms with Gasteiger partial charge >= 0.3 is 0 Å². The highest BCUT2D eigenvalue weighted by Gasteiger charge is 2.36. The molecule has 0 spiro atoms. The number of aryl methyl sites for hydroxylation is 2. The molecule has 2 aromatic heterocycles. The van der Waals surface area contributed by atoms with E-state index in [1.807, 2.05) is 13.2 Å². The van der Waals surface area contributed by atoms with Crippen molar-refractivity contribution < 1.29 is 0 Å². The third kappa shape index (κ3) is 2.27. The van der Waals surface area contributed by atoms with Crippen molar-refractivity contribution in [3.63, 3.8) is 0 Å². The maximum Gasteiger partial charge on any atom is 0.163 e. The maximum atomic E-state index is 4.48. The van der Waals surface area contributed by atoms with Gasteiger partial charge in [0.05, 0.1) is 17.6 Å². The zero-order valence-electron chi connectivity index (χ0n) is 13.7. The molecule has 118 valence electrons. The summed E-state index contributed by atoms with van der Waals surface area (Å²) in [6.07, 6.45) is 5.73. The molecule has 5 nitrogen and oxygen atoms in total. The van der Waals surface area contributed by atoms with E-state index in [0.29, 0.717) is 0 Å². The fourth-order valence-electron chi connectivity index (χ4n) is 3.55. The predicted molar refractivity (Wildman–Crippen MR) is 91.2 cm³/mol. The number of hydrogen-bond donors (Lipinski definition) is 1. The molecule has 0 amide bonds. The molecule has 0 radical (unpaired) electrons. The molecular formula is C18H21N5. The van der Waals surface area contributed by atoms with E-state index < -0.39 is 0 Å². The average molecular weight is 307 g/mol. The van der Waals surface area contributed by atoms with Crippen LogP contribution in [0.25, 0.3) is 11.0 Å². The highest BCUT2D eigenvalue weighted by Crippen LogP contribution is 2.45. The second-order valence-electron chi connectivity index (χ2n) is 6.99. The Kier molecular flexibility index (Phi) is 3.11. The van der Waals surface area contributed by atoms with Crippen LogP contribution >= 0.6 is 0 Å². The molecule has 1 unspecified atom stereocenters. The summed E-state index contributed by atoms with van der Waals surface area (Å²) in [7, 11) is 1.90. The first-order chi connectivity index (χ1) is 11.1. The molecule has 1 aliphatic rings. The summed E-state index contributed by atoms with van der Waals surface area (Å²) >= 11 is 0. The van der Waals surface area contributed by atoms with Gasteiger partial charge in [0.15, 0.2) is 5.65 Å². The van der Waals surface area contributed by atoms with Crippen LogP contribution in [0.5, 0.6) is 0 Å². The van der Waals surface area contributed by atoms with Gasteiger partial charge in [0.25, 0.3) is 0 Å². The molecule has 1 N–H and O–H groups in total.